The molecule has 134 valence electrons. The highest BCUT2D eigenvalue weighted by molar-refractivity contribution is 5.88. The van der Waals surface area contributed by atoms with Crippen molar-refractivity contribution in [1.29, 1.82) is 0 Å². The van der Waals surface area contributed by atoms with E-state index in [0.717, 1.165) is 12.1 Å². The summed E-state index contributed by atoms with van der Waals surface area (Å²) in [5, 5.41) is 10.4. The lowest BCUT2D eigenvalue weighted by Crippen LogP contribution is -2.31. The van der Waals surface area contributed by atoms with Crippen molar-refractivity contribution >= 4 is 16.9 Å². The average Bonchev–Trinajstić information content (AvgIpc) is 3.31. The number of rotatable bonds is 5. The molecule has 4 heteroatoms. The fraction of sp³-hybridized carbons (Fsp3) is 0.318. The highest BCUT2D eigenvalue weighted by atomic mass is 16.4. The molecule has 0 saturated carbocycles. The van der Waals surface area contributed by atoms with Crippen molar-refractivity contribution in [3.8, 4) is 5.69 Å². The molecule has 1 aliphatic rings. The summed E-state index contributed by atoms with van der Waals surface area (Å²) < 4.78 is 2.17. The number of carbonyl (C=O) groups is 1. The normalized spacial score (nSPS) is 16.2. The first kappa shape index (κ1) is 16.9. The number of carboxylic acids is 1. The zero-order valence-electron chi connectivity index (χ0n) is 15.1. The van der Waals surface area contributed by atoms with Crippen LogP contribution >= 0.6 is 0 Å². The maximum atomic E-state index is 11.1. The first-order valence-corrected chi connectivity index (χ1v) is 9.30. The number of likely N-dealkylation sites (tertiary alicyclic amines) is 1. The number of carboxylic acid groups (broad SMARTS) is 1. The summed E-state index contributed by atoms with van der Waals surface area (Å²) in [5.74, 6) is -0.894. The Morgan fingerprint density at radius 2 is 1.77 bits per heavy atom. The minimum atomic E-state index is -0.894. The Morgan fingerprint density at radius 3 is 2.46 bits per heavy atom. The lowest BCUT2D eigenvalue weighted by atomic mass is 10.1. The Kier molecular flexibility index (Phi) is 4.51. The molecule has 2 heterocycles. The van der Waals surface area contributed by atoms with Crippen LogP contribution in [0.4, 0.5) is 0 Å². The van der Waals surface area contributed by atoms with E-state index in [1.165, 1.54) is 42.4 Å². The summed E-state index contributed by atoms with van der Waals surface area (Å²) in [7, 11) is 0. The van der Waals surface area contributed by atoms with Crippen molar-refractivity contribution in [2.75, 3.05) is 13.1 Å². The Labute approximate surface area is 153 Å². The van der Waals surface area contributed by atoms with Crippen LogP contribution in [-0.4, -0.2) is 39.7 Å². The summed E-state index contributed by atoms with van der Waals surface area (Å²) in [5.41, 5.74) is 3.82. The van der Waals surface area contributed by atoms with E-state index in [1.54, 1.807) is 12.1 Å². The van der Waals surface area contributed by atoms with Crippen LogP contribution in [0.5, 0.6) is 0 Å². The quantitative estimate of drug-likeness (QED) is 0.745. The number of nitrogens with zero attached hydrogens (tertiary/aromatic N) is 2. The molecule has 3 aromatic rings. The molecule has 0 aliphatic carbocycles. The molecule has 1 unspecified atom stereocenters. The van der Waals surface area contributed by atoms with Gasteiger partial charge in [0.1, 0.15) is 0 Å². The lowest BCUT2D eigenvalue weighted by molar-refractivity contribution is 0.0697. The van der Waals surface area contributed by atoms with Crippen molar-refractivity contribution in [3.63, 3.8) is 0 Å². The van der Waals surface area contributed by atoms with Gasteiger partial charge in [-0.15, -0.1) is 0 Å². The van der Waals surface area contributed by atoms with Gasteiger partial charge in [0, 0.05) is 23.3 Å². The third kappa shape index (κ3) is 3.13. The van der Waals surface area contributed by atoms with Crippen LogP contribution in [0.15, 0.2) is 54.7 Å². The van der Waals surface area contributed by atoms with Gasteiger partial charge in [-0.2, -0.15) is 0 Å². The number of hydrogen-bond acceptors (Lipinski definition) is 2. The van der Waals surface area contributed by atoms with Gasteiger partial charge in [0.25, 0.3) is 0 Å². The average molecular weight is 348 g/mol. The van der Waals surface area contributed by atoms with Gasteiger partial charge in [-0.1, -0.05) is 18.2 Å². The van der Waals surface area contributed by atoms with Crippen molar-refractivity contribution in [3.05, 3.63) is 65.9 Å². The predicted octanol–water partition coefficient (Wildman–Crippen LogP) is 4.36. The topological polar surface area (TPSA) is 45.5 Å². The molecule has 4 rings (SSSR count). The molecule has 1 saturated heterocycles. The van der Waals surface area contributed by atoms with E-state index in [-0.39, 0.29) is 0 Å². The lowest BCUT2D eigenvalue weighted by Gasteiger charge is -2.23. The zero-order chi connectivity index (χ0) is 18.1. The monoisotopic (exact) mass is 348 g/mol. The van der Waals surface area contributed by atoms with Crippen LogP contribution in [0.3, 0.4) is 0 Å². The molecule has 4 nitrogen and oxygen atoms in total. The van der Waals surface area contributed by atoms with Crippen molar-refractivity contribution in [2.24, 2.45) is 0 Å². The molecule has 1 atom stereocenters. The molecule has 1 aliphatic heterocycles. The van der Waals surface area contributed by atoms with E-state index in [4.69, 9.17) is 5.11 Å². The molecule has 2 aromatic carbocycles. The summed E-state index contributed by atoms with van der Waals surface area (Å²) in [6.07, 6.45) is 5.86. The van der Waals surface area contributed by atoms with Gasteiger partial charge in [0.05, 0.1) is 11.1 Å². The second-order valence-corrected chi connectivity index (χ2v) is 7.19. The molecular weight excluding hydrogens is 324 g/mol. The largest absolute Gasteiger partial charge is 0.478 e. The Bertz CT molecular complexity index is 921. The van der Waals surface area contributed by atoms with E-state index in [1.807, 2.05) is 12.1 Å². The van der Waals surface area contributed by atoms with Gasteiger partial charge in [-0.25, -0.2) is 4.79 Å². The fourth-order valence-electron chi connectivity index (χ4n) is 4.02. The first-order chi connectivity index (χ1) is 12.6. The van der Waals surface area contributed by atoms with E-state index in [9.17, 15) is 4.79 Å². The standard InChI is InChI=1S/C22H24N2O2/c1-16(23-12-4-5-13-23)14-18-15-24(21-7-3-2-6-20(18)21)19-10-8-17(9-11-19)22(25)26/h2-3,6-11,15-16H,4-5,12-14H2,1H3,(H,25,26). The van der Waals surface area contributed by atoms with Crippen molar-refractivity contribution in [2.45, 2.75) is 32.2 Å². The third-order valence-corrected chi connectivity index (χ3v) is 5.47. The Balaban J connectivity index is 1.70. The number of aromatic nitrogens is 1. The zero-order valence-corrected chi connectivity index (χ0v) is 15.1. The van der Waals surface area contributed by atoms with Gasteiger partial charge in [-0.05, 0) is 75.2 Å². The first-order valence-electron chi connectivity index (χ1n) is 9.30. The second kappa shape index (κ2) is 6.96. The summed E-state index contributed by atoms with van der Waals surface area (Å²) in [6.45, 7) is 4.73. The van der Waals surface area contributed by atoms with E-state index < -0.39 is 5.97 Å². The third-order valence-electron chi connectivity index (χ3n) is 5.47. The maximum Gasteiger partial charge on any atom is 0.335 e. The molecule has 1 N–H and O–H groups in total. The summed E-state index contributed by atoms with van der Waals surface area (Å²) >= 11 is 0. The van der Waals surface area contributed by atoms with Crippen molar-refractivity contribution in [1.82, 2.24) is 9.47 Å². The molecule has 0 bridgehead atoms. The number of aromatic carboxylic acids is 1. The maximum absolute atomic E-state index is 11.1. The molecule has 0 spiro atoms. The minimum absolute atomic E-state index is 0.313. The minimum Gasteiger partial charge on any atom is -0.478 e. The summed E-state index contributed by atoms with van der Waals surface area (Å²) in [6, 6.07) is 16.1. The summed E-state index contributed by atoms with van der Waals surface area (Å²) in [4.78, 5) is 13.7. The van der Waals surface area contributed by atoms with E-state index >= 15 is 0 Å². The van der Waals surface area contributed by atoms with Crippen LogP contribution < -0.4 is 0 Å². The van der Waals surface area contributed by atoms with Gasteiger partial charge in [0.15, 0.2) is 0 Å². The van der Waals surface area contributed by atoms with Crippen molar-refractivity contribution < 1.29 is 9.90 Å². The second-order valence-electron chi connectivity index (χ2n) is 7.19. The molecule has 0 radical (unpaired) electrons. The highest BCUT2D eigenvalue weighted by Crippen LogP contribution is 2.27. The van der Waals surface area contributed by atoms with Crippen LogP contribution in [0, 0.1) is 0 Å². The predicted molar refractivity (Wildman–Crippen MR) is 104 cm³/mol. The van der Waals surface area contributed by atoms with Gasteiger partial charge >= 0.3 is 5.97 Å². The highest BCUT2D eigenvalue weighted by Gasteiger charge is 2.20. The Hall–Kier alpha value is -2.59. The van der Waals surface area contributed by atoms with Crippen LogP contribution in [0.1, 0.15) is 35.7 Å². The smallest absolute Gasteiger partial charge is 0.335 e. The van der Waals surface area contributed by atoms with E-state index in [2.05, 4.69) is 46.9 Å². The molecule has 26 heavy (non-hydrogen) atoms. The van der Waals surface area contributed by atoms with E-state index in [0.29, 0.717) is 11.6 Å². The van der Waals surface area contributed by atoms with Gasteiger partial charge in [-0.3, -0.25) is 0 Å². The molecule has 1 fully saturated rings. The van der Waals surface area contributed by atoms with Crippen LogP contribution in [0.25, 0.3) is 16.6 Å². The van der Waals surface area contributed by atoms with Crippen LogP contribution in [-0.2, 0) is 6.42 Å². The van der Waals surface area contributed by atoms with Gasteiger partial charge < -0.3 is 14.6 Å². The molecule has 0 amide bonds. The number of para-hydroxylation sites is 1. The molecule has 1 aromatic heterocycles. The SMILES string of the molecule is CC(Cc1cn(-c2ccc(C(=O)O)cc2)c2ccccc12)N1CCCC1. The van der Waals surface area contributed by atoms with Gasteiger partial charge in [0.2, 0.25) is 0 Å². The van der Waals surface area contributed by atoms with Crippen LogP contribution in [0.2, 0.25) is 0 Å². The molecular formula is C22H24N2O2. The Morgan fingerprint density at radius 1 is 1.08 bits per heavy atom. The number of benzene rings is 2. The fourth-order valence-corrected chi connectivity index (χ4v) is 4.02. The number of hydrogen-bond donors (Lipinski definition) is 1. The number of fused-ring (bicyclic) bond motifs is 1.